The second kappa shape index (κ2) is 10.2. The number of anilines is 1. The van der Waals surface area contributed by atoms with Crippen molar-refractivity contribution in [1.29, 1.82) is 0 Å². The Hall–Kier alpha value is -2.23. The van der Waals surface area contributed by atoms with Gasteiger partial charge >= 0.3 is 17.8 Å². The Kier molecular flexibility index (Phi) is 7.63. The molecule has 0 spiro atoms. The van der Waals surface area contributed by atoms with Crippen LogP contribution >= 0.6 is 34.4 Å². The van der Waals surface area contributed by atoms with Crippen molar-refractivity contribution in [3.05, 3.63) is 50.7 Å². The number of imidazole rings is 1. The van der Waals surface area contributed by atoms with Crippen molar-refractivity contribution in [2.75, 3.05) is 10.5 Å². The standard InChI is InChI=1S/C22H20F5N3O3S4/c1-12-13(2)36-19(34-10-6-5-9-21(23,24)22(25,26)27)17-18(28-20(31)30(12)17)29-37(32,33)16-11-35-15-8-4-3-7-14(15)16/h3-4,7-8,11H,5-6,9-10H2,1-2H3,(H,28,29,31). The number of nitrogens with zero attached hydrogens (tertiary/aromatic N) is 2. The van der Waals surface area contributed by atoms with Gasteiger partial charge in [-0.25, -0.2) is 13.2 Å². The first-order chi connectivity index (χ1) is 17.2. The predicted molar refractivity (Wildman–Crippen MR) is 137 cm³/mol. The number of fused-ring (bicyclic) bond motifs is 2. The van der Waals surface area contributed by atoms with Crippen LogP contribution in [0.15, 0.2) is 43.5 Å². The smallest absolute Gasteiger partial charge is 0.261 e. The highest BCUT2D eigenvalue weighted by Gasteiger charge is 2.56. The van der Waals surface area contributed by atoms with E-state index in [0.717, 1.165) is 21.3 Å². The minimum atomic E-state index is -5.59. The van der Waals surface area contributed by atoms with Crippen LogP contribution in [0.5, 0.6) is 0 Å². The quantitative estimate of drug-likeness (QED) is 0.130. The van der Waals surface area contributed by atoms with Crippen LogP contribution < -0.4 is 10.4 Å². The summed E-state index contributed by atoms with van der Waals surface area (Å²) < 4.78 is 94.9. The molecule has 1 aromatic carbocycles. The minimum Gasteiger partial charge on any atom is -0.261 e. The molecule has 0 fully saturated rings. The number of unbranched alkanes of at least 4 members (excludes halogenated alkanes) is 1. The highest BCUT2D eigenvalue weighted by molar-refractivity contribution is 8.01. The molecule has 0 amide bonds. The second-order valence-corrected chi connectivity index (χ2v) is 13.3. The third-order valence-electron chi connectivity index (χ3n) is 5.63. The summed E-state index contributed by atoms with van der Waals surface area (Å²) in [6.07, 6.45) is -7.21. The Morgan fingerprint density at radius 2 is 1.81 bits per heavy atom. The Morgan fingerprint density at radius 1 is 1.11 bits per heavy atom. The first-order valence-corrected chi connectivity index (χ1v) is 15.0. The molecule has 0 aliphatic carbocycles. The molecule has 0 radical (unpaired) electrons. The first kappa shape index (κ1) is 27.8. The molecule has 15 heteroatoms. The molecule has 6 nitrogen and oxygen atoms in total. The summed E-state index contributed by atoms with van der Waals surface area (Å²) in [4.78, 5) is 17.4. The number of hydrogen-bond acceptors (Lipinski definition) is 7. The summed E-state index contributed by atoms with van der Waals surface area (Å²) in [7, 11) is -4.12. The number of halogens is 5. The number of thioether (sulfide) groups is 1. The number of aromatic nitrogens is 2. The number of hydrogen-bond donors (Lipinski definition) is 1. The molecule has 4 rings (SSSR count). The van der Waals surface area contributed by atoms with Crippen LogP contribution in [0.2, 0.25) is 0 Å². The monoisotopic (exact) mass is 597 g/mol. The Morgan fingerprint density at radius 3 is 2.51 bits per heavy atom. The number of thiophene rings is 1. The van der Waals surface area contributed by atoms with Crippen molar-refractivity contribution in [2.24, 2.45) is 0 Å². The van der Waals surface area contributed by atoms with Gasteiger partial charge in [-0.05, 0) is 38.5 Å². The maximum absolute atomic E-state index is 13.2. The molecule has 0 bridgehead atoms. The summed E-state index contributed by atoms with van der Waals surface area (Å²) in [6.45, 7) is 3.44. The van der Waals surface area contributed by atoms with Crippen LogP contribution in [-0.2, 0) is 10.0 Å². The lowest BCUT2D eigenvalue weighted by atomic mass is 10.1. The van der Waals surface area contributed by atoms with Crippen molar-refractivity contribution in [3.63, 3.8) is 0 Å². The van der Waals surface area contributed by atoms with Crippen LogP contribution in [0.1, 0.15) is 29.8 Å². The number of aryl methyl sites for hydroxylation is 1. The van der Waals surface area contributed by atoms with Crippen LogP contribution in [0.25, 0.3) is 15.8 Å². The van der Waals surface area contributed by atoms with E-state index in [0.29, 0.717) is 15.3 Å². The zero-order valence-electron chi connectivity index (χ0n) is 19.4. The molecule has 0 saturated carbocycles. The fourth-order valence-electron chi connectivity index (χ4n) is 3.59. The second-order valence-electron chi connectivity index (χ2n) is 8.17. The summed E-state index contributed by atoms with van der Waals surface area (Å²) in [5, 5.41) is 2.01. The number of rotatable bonds is 9. The summed E-state index contributed by atoms with van der Waals surface area (Å²) in [6, 6.07) is 6.95. The Labute approximate surface area is 220 Å². The van der Waals surface area contributed by atoms with Gasteiger partial charge in [0.1, 0.15) is 10.6 Å². The minimum absolute atomic E-state index is 0.0361. The molecule has 37 heavy (non-hydrogen) atoms. The third kappa shape index (κ3) is 5.49. The first-order valence-electron chi connectivity index (χ1n) is 10.8. The van der Waals surface area contributed by atoms with E-state index in [1.807, 2.05) is 0 Å². The maximum atomic E-state index is 13.2. The highest BCUT2D eigenvalue weighted by Crippen LogP contribution is 2.41. The average molecular weight is 598 g/mol. The summed E-state index contributed by atoms with van der Waals surface area (Å²) >= 11 is 3.66. The SMILES string of the molecule is Cc1sc(SCCCCC(F)(F)C(F)(F)F)c2c(NS(=O)(=O)c3csc4ccccc34)nc(=O)n-2c1C. The Balaban J connectivity index is 1.60. The number of benzene rings is 1. The lowest BCUT2D eigenvalue weighted by molar-refractivity contribution is -0.284. The fraction of sp³-hybridized carbons (Fsp3) is 0.364. The zero-order valence-corrected chi connectivity index (χ0v) is 22.6. The molecular formula is C22H20F5N3O3S4. The van der Waals surface area contributed by atoms with E-state index in [1.54, 1.807) is 38.1 Å². The fourth-order valence-corrected chi connectivity index (χ4v) is 8.62. The molecule has 0 unspecified atom stereocenters. The van der Waals surface area contributed by atoms with Gasteiger partial charge < -0.3 is 0 Å². The van der Waals surface area contributed by atoms with E-state index >= 15 is 0 Å². The van der Waals surface area contributed by atoms with Gasteiger partial charge in [0.2, 0.25) is 0 Å². The van der Waals surface area contributed by atoms with Crippen LogP contribution in [0.3, 0.4) is 0 Å². The van der Waals surface area contributed by atoms with E-state index in [2.05, 4.69) is 9.71 Å². The molecular weight excluding hydrogens is 578 g/mol. The normalized spacial score (nSPS) is 13.1. The van der Waals surface area contributed by atoms with Crippen LogP contribution in [0, 0.1) is 13.8 Å². The van der Waals surface area contributed by atoms with Crippen molar-refractivity contribution < 1.29 is 30.4 Å². The number of alkyl halides is 5. The Bertz CT molecular complexity index is 1570. The molecule has 0 atom stereocenters. The van der Waals surface area contributed by atoms with Gasteiger partial charge in [0.15, 0.2) is 5.82 Å². The molecule has 1 N–H and O–H groups in total. The number of nitrogens with one attached hydrogen (secondary N) is 1. The van der Waals surface area contributed by atoms with E-state index in [9.17, 15) is 35.2 Å². The van der Waals surface area contributed by atoms with Crippen LogP contribution in [0.4, 0.5) is 27.8 Å². The summed E-state index contributed by atoms with van der Waals surface area (Å²) in [5.41, 5.74) is 0.0767. The van der Waals surface area contributed by atoms with E-state index in [4.69, 9.17) is 0 Å². The van der Waals surface area contributed by atoms with Crippen molar-refractivity contribution >= 4 is 60.4 Å². The largest absolute Gasteiger partial charge is 0.453 e. The third-order valence-corrected chi connectivity index (χ3v) is 10.7. The van der Waals surface area contributed by atoms with Gasteiger partial charge in [0, 0.05) is 32.5 Å². The zero-order chi connectivity index (χ0) is 27.2. The van der Waals surface area contributed by atoms with Gasteiger partial charge in [-0.1, -0.05) is 18.2 Å². The molecule has 2 aromatic rings. The molecule has 1 aromatic heterocycles. The van der Waals surface area contributed by atoms with Gasteiger partial charge in [-0.3, -0.25) is 9.29 Å². The predicted octanol–water partition coefficient (Wildman–Crippen LogP) is 6.82. The average Bonchev–Trinajstić information content (AvgIpc) is 3.37. The van der Waals surface area contributed by atoms with Gasteiger partial charge in [-0.15, -0.1) is 34.4 Å². The molecule has 2 aliphatic rings. The lowest BCUT2D eigenvalue weighted by Crippen LogP contribution is -2.36. The van der Waals surface area contributed by atoms with Gasteiger partial charge in [0.25, 0.3) is 10.0 Å². The van der Waals surface area contributed by atoms with E-state index in [-0.39, 0.29) is 35.0 Å². The number of sulfonamides is 1. The van der Waals surface area contributed by atoms with Gasteiger partial charge in [0.05, 0.1) is 4.21 Å². The van der Waals surface area contributed by atoms with Crippen molar-refractivity contribution in [3.8, 4) is 5.69 Å². The maximum Gasteiger partial charge on any atom is 0.453 e. The molecule has 0 saturated heterocycles. The van der Waals surface area contributed by atoms with Crippen molar-refractivity contribution in [1.82, 2.24) is 9.55 Å². The lowest BCUT2D eigenvalue weighted by Gasteiger charge is -2.19. The van der Waals surface area contributed by atoms with Crippen LogP contribution in [-0.4, -0.2) is 35.8 Å². The molecule has 3 heterocycles. The van der Waals surface area contributed by atoms with E-state index in [1.165, 1.54) is 32.6 Å². The molecule has 2 aliphatic heterocycles. The van der Waals surface area contributed by atoms with E-state index < -0.39 is 34.2 Å². The van der Waals surface area contributed by atoms with Crippen molar-refractivity contribution in [2.45, 2.75) is 54.3 Å². The highest BCUT2D eigenvalue weighted by atomic mass is 32.2. The molecule has 200 valence electrons. The topological polar surface area (TPSA) is 81.1 Å². The van der Waals surface area contributed by atoms with Gasteiger partial charge in [-0.2, -0.15) is 26.9 Å². The summed E-state index contributed by atoms with van der Waals surface area (Å²) in [5.74, 6) is -4.75.